The summed E-state index contributed by atoms with van der Waals surface area (Å²) < 4.78 is 39.6. The first kappa shape index (κ1) is 14.1. The van der Waals surface area contributed by atoms with Crippen LogP contribution in [0.4, 0.5) is 13.2 Å². The van der Waals surface area contributed by atoms with E-state index in [4.69, 9.17) is 0 Å². The molecule has 0 spiro atoms. The number of nitrogens with zero attached hydrogens (tertiary/aromatic N) is 2. The first-order valence-corrected chi connectivity index (χ1v) is 6.85. The summed E-state index contributed by atoms with van der Waals surface area (Å²) in [6.45, 7) is 0.0514. The summed E-state index contributed by atoms with van der Waals surface area (Å²) in [5.74, 6) is 0.884. The predicted molar refractivity (Wildman–Crippen MR) is 71.7 cm³/mol. The first-order chi connectivity index (χ1) is 9.99. The largest absolute Gasteiger partial charge is 0.416 e. The lowest BCUT2D eigenvalue weighted by Crippen LogP contribution is -2.20. The Balaban J connectivity index is 1.93. The van der Waals surface area contributed by atoms with Gasteiger partial charge in [-0.2, -0.15) is 13.2 Å². The molecule has 1 N–H and O–H groups in total. The Labute approximate surface area is 120 Å². The molecule has 0 bridgehead atoms. The van der Waals surface area contributed by atoms with Crippen LogP contribution in [-0.4, -0.2) is 21.3 Å². The van der Waals surface area contributed by atoms with E-state index in [1.807, 2.05) is 10.8 Å². The van der Waals surface area contributed by atoms with Gasteiger partial charge in [0, 0.05) is 18.2 Å². The van der Waals surface area contributed by atoms with Gasteiger partial charge in [0.2, 0.25) is 0 Å². The third kappa shape index (κ3) is 2.68. The van der Waals surface area contributed by atoms with Gasteiger partial charge < -0.3 is 9.67 Å². The number of halogens is 3. The smallest absolute Gasteiger partial charge is 0.394 e. The minimum Gasteiger partial charge on any atom is -0.394 e. The van der Waals surface area contributed by atoms with Gasteiger partial charge in [-0.15, -0.1) is 0 Å². The Morgan fingerprint density at radius 2 is 1.95 bits per heavy atom. The van der Waals surface area contributed by atoms with Crippen LogP contribution >= 0.6 is 0 Å². The highest BCUT2D eigenvalue weighted by atomic mass is 19.4. The highest BCUT2D eigenvalue weighted by molar-refractivity contribution is 5.59. The molecule has 2 heterocycles. The van der Waals surface area contributed by atoms with Crippen molar-refractivity contribution < 1.29 is 18.3 Å². The number of imidazole rings is 1. The van der Waals surface area contributed by atoms with Crippen molar-refractivity contribution in [3.63, 3.8) is 0 Å². The zero-order valence-electron chi connectivity index (χ0n) is 11.3. The second-order valence-corrected chi connectivity index (χ2v) is 5.25. The summed E-state index contributed by atoms with van der Waals surface area (Å²) in [5.41, 5.74) is 0.643. The maximum absolute atomic E-state index is 12.6. The Bertz CT molecular complexity index is 631. The molecule has 0 saturated heterocycles. The quantitative estimate of drug-likeness (QED) is 0.922. The lowest BCUT2D eigenvalue weighted by molar-refractivity contribution is -0.137. The molecule has 1 atom stereocenters. The van der Waals surface area contributed by atoms with E-state index in [1.54, 1.807) is 0 Å². The number of aliphatic hydroxyl groups is 1. The number of hydrogen-bond acceptors (Lipinski definition) is 2. The lowest BCUT2D eigenvalue weighted by atomic mass is 10.1. The van der Waals surface area contributed by atoms with E-state index >= 15 is 0 Å². The molecule has 1 aromatic heterocycles. The van der Waals surface area contributed by atoms with E-state index in [0.29, 0.717) is 11.3 Å². The van der Waals surface area contributed by atoms with Crippen molar-refractivity contribution in [3.05, 3.63) is 41.9 Å². The van der Waals surface area contributed by atoms with Gasteiger partial charge in [0.15, 0.2) is 0 Å². The molecule has 0 fully saturated rings. The van der Waals surface area contributed by atoms with Gasteiger partial charge in [-0.3, -0.25) is 0 Å². The van der Waals surface area contributed by atoms with Gasteiger partial charge in [-0.25, -0.2) is 4.98 Å². The van der Waals surface area contributed by atoms with Crippen LogP contribution in [0.1, 0.15) is 30.3 Å². The number of fused-ring (bicyclic) bond motifs is 1. The van der Waals surface area contributed by atoms with E-state index in [-0.39, 0.29) is 12.6 Å². The third-order valence-electron chi connectivity index (χ3n) is 3.86. The normalized spacial score (nSPS) is 18.6. The Morgan fingerprint density at radius 1 is 1.24 bits per heavy atom. The van der Waals surface area contributed by atoms with Crippen LogP contribution in [-0.2, 0) is 12.6 Å². The topological polar surface area (TPSA) is 38.1 Å². The number of alkyl halides is 3. The highest BCUT2D eigenvalue weighted by Crippen LogP contribution is 2.32. The second kappa shape index (κ2) is 5.18. The zero-order chi connectivity index (χ0) is 15.0. The molecule has 0 aliphatic carbocycles. The van der Waals surface area contributed by atoms with Crippen molar-refractivity contribution in [1.29, 1.82) is 0 Å². The van der Waals surface area contributed by atoms with Crippen LogP contribution in [0.5, 0.6) is 0 Å². The molecule has 21 heavy (non-hydrogen) atoms. The molecular formula is C15H15F3N2O. The van der Waals surface area contributed by atoms with E-state index < -0.39 is 11.7 Å². The lowest BCUT2D eigenvalue weighted by Gasteiger charge is -2.22. The SMILES string of the molecule is OCC1CCCc2nc(-c3ccc(C(F)(F)F)cc3)cn21. The number of aryl methyl sites for hydroxylation is 1. The predicted octanol–water partition coefficient (Wildman–Crippen LogP) is 3.44. The summed E-state index contributed by atoms with van der Waals surface area (Å²) >= 11 is 0. The minimum absolute atomic E-state index is 0.0180. The average molecular weight is 296 g/mol. The maximum atomic E-state index is 12.6. The number of rotatable bonds is 2. The van der Waals surface area contributed by atoms with Crippen molar-refractivity contribution in [2.75, 3.05) is 6.61 Å². The molecule has 1 unspecified atom stereocenters. The van der Waals surface area contributed by atoms with Gasteiger partial charge in [-0.1, -0.05) is 12.1 Å². The van der Waals surface area contributed by atoms with Gasteiger partial charge in [0.25, 0.3) is 0 Å². The Morgan fingerprint density at radius 3 is 2.57 bits per heavy atom. The molecule has 0 amide bonds. The molecule has 2 aromatic rings. The van der Waals surface area contributed by atoms with Crippen LogP contribution < -0.4 is 0 Å². The zero-order valence-corrected chi connectivity index (χ0v) is 11.3. The third-order valence-corrected chi connectivity index (χ3v) is 3.86. The molecule has 112 valence electrons. The molecule has 6 heteroatoms. The monoisotopic (exact) mass is 296 g/mol. The van der Waals surface area contributed by atoms with Crippen molar-refractivity contribution in [1.82, 2.24) is 9.55 Å². The van der Waals surface area contributed by atoms with Crippen molar-refractivity contribution in [2.45, 2.75) is 31.5 Å². The summed E-state index contributed by atoms with van der Waals surface area (Å²) in [4.78, 5) is 4.48. The number of aromatic nitrogens is 2. The highest BCUT2D eigenvalue weighted by Gasteiger charge is 2.30. The molecule has 1 aliphatic heterocycles. The summed E-state index contributed by atoms with van der Waals surface area (Å²) in [5, 5.41) is 9.37. The molecule has 0 radical (unpaired) electrons. The standard InChI is InChI=1S/C15H15F3N2O/c16-15(17,18)11-6-4-10(5-7-11)13-8-20-12(9-21)2-1-3-14(20)19-13/h4-8,12,21H,1-3,9H2. The van der Waals surface area contributed by atoms with Gasteiger partial charge in [-0.05, 0) is 25.0 Å². The van der Waals surface area contributed by atoms with E-state index in [9.17, 15) is 18.3 Å². The number of aliphatic hydroxyl groups excluding tert-OH is 1. The summed E-state index contributed by atoms with van der Waals surface area (Å²) in [6.07, 6.45) is 0.185. The van der Waals surface area contributed by atoms with E-state index in [2.05, 4.69) is 4.98 Å². The first-order valence-electron chi connectivity index (χ1n) is 6.85. The van der Waals surface area contributed by atoms with Gasteiger partial charge in [0.05, 0.1) is 23.9 Å². The van der Waals surface area contributed by atoms with Crippen LogP contribution in [0, 0.1) is 0 Å². The van der Waals surface area contributed by atoms with Crippen LogP contribution in [0.2, 0.25) is 0 Å². The summed E-state index contributed by atoms with van der Waals surface area (Å²) in [6, 6.07) is 5.02. The minimum atomic E-state index is -4.33. The van der Waals surface area contributed by atoms with Crippen molar-refractivity contribution >= 4 is 0 Å². The van der Waals surface area contributed by atoms with Gasteiger partial charge in [0.1, 0.15) is 5.82 Å². The van der Waals surface area contributed by atoms with Crippen LogP contribution in [0.15, 0.2) is 30.5 Å². The fourth-order valence-electron chi connectivity index (χ4n) is 2.72. The molecular weight excluding hydrogens is 281 g/mol. The molecule has 1 aromatic carbocycles. The number of hydrogen-bond donors (Lipinski definition) is 1. The van der Waals surface area contributed by atoms with Crippen molar-refractivity contribution in [2.24, 2.45) is 0 Å². The molecule has 1 aliphatic rings. The van der Waals surface area contributed by atoms with E-state index in [0.717, 1.165) is 37.2 Å². The van der Waals surface area contributed by atoms with E-state index in [1.165, 1.54) is 12.1 Å². The fraction of sp³-hybridized carbons (Fsp3) is 0.400. The fourth-order valence-corrected chi connectivity index (χ4v) is 2.72. The van der Waals surface area contributed by atoms with Crippen LogP contribution in [0.25, 0.3) is 11.3 Å². The Kier molecular flexibility index (Phi) is 3.49. The van der Waals surface area contributed by atoms with Crippen LogP contribution in [0.3, 0.4) is 0 Å². The van der Waals surface area contributed by atoms with Crippen molar-refractivity contribution in [3.8, 4) is 11.3 Å². The molecule has 3 nitrogen and oxygen atoms in total. The summed E-state index contributed by atoms with van der Waals surface area (Å²) in [7, 11) is 0. The maximum Gasteiger partial charge on any atom is 0.416 e. The Hall–Kier alpha value is -1.82. The molecule has 3 rings (SSSR count). The molecule has 0 saturated carbocycles. The number of benzene rings is 1. The average Bonchev–Trinajstić information content (AvgIpc) is 2.90. The van der Waals surface area contributed by atoms with Gasteiger partial charge >= 0.3 is 6.18 Å². The second-order valence-electron chi connectivity index (χ2n) is 5.25.